The lowest BCUT2D eigenvalue weighted by Crippen LogP contribution is -2.20. The molecule has 1 atom stereocenters. The average molecular weight is 229 g/mol. The maximum atomic E-state index is 4.16. The zero-order valence-electron chi connectivity index (χ0n) is 10.6. The van der Waals surface area contributed by atoms with E-state index in [9.17, 15) is 0 Å². The Balaban J connectivity index is 2.01. The van der Waals surface area contributed by atoms with Crippen LogP contribution in [-0.4, -0.2) is 9.78 Å². The van der Waals surface area contributed by atoms with Crippen molar-refractivity contribution in [1.29, 1.82) is 0 Å². The minimum Gasteiger partial charge on any atom is -0.305 e. The maximum Gasteiger partial charge on any atom is 0.0518 e. The van der Waals surface area contributed by atoms with Crippen molar-refractivity contribution >= 4 is 0 Å². The van der Waals surface area contributed by atoms with Crippen LogP contribution in [0.25, 0.3) is 0 Å². The van der Waals surface area contributed by atoms with Gasteiger partial charge < -0.3 is 5.32 Å². The monoisotopic (exact) mass is 229 g/mol. The number of hydrogen-bond donors (Lipinski definition) is 1. The first kappa shape index (κ1) is 11.9. The van der Waals surface area contributed by atoms with Gasteiger partial charge in [-0.2, -0.15) is 5.10 Å². The molecule has 2 rings (SSSR count). The van der Waals surface area contributed by atoms with Crippen LogP contribution in [0.2, 0.25) is 0 Å². The first-order chi connectivity index (χ1) is 8.18. The molecule has 1 aromatic carbocycles. The molecule has 0 aliphatic carbocycles. The van der Waals surface area contributed by atoms with Crippen molar-refractivity contribution in [2.24, 2.45) is 7.05 Å². The number of aryl methyl sites for hydroxylation is 2. The van der Waals surface area contributed by atoms with Gasteiger partial charge in [0.25, 0.3) is 0 Å². The van der Waals surface area contributed by atoms with Crippen molar-refractivity contribution in [3.05, 3.63) is 53.3 Å². The first-order valence-electron chi connectivity index (χ1n) is 5.94. The third kappa shape index (κ3) is 2.74. The smallest absolute Gasteiger partial charge is 0.0518 e. The van der Waals surface area contributed by atoms with Crippen molar-refractivity contribution in [1.82, 2.24) is 15.1 Å². The molecule has 17 heavy (non-hydrogen) atoms. The summed E-state index contributed by atoms with van der Waals surface area (Å²) in [5, 5.41) is 7.68. The molecule has 1 aromatic heterocycles. The second-order valence-electron chi connectivity index (χ2n) is 4.41. The van der Waals surface area contributed by atoms with Gasteiger partial charge in [-0.25, -0.2) is 0 Å². The highest BCUT2D eigenvalue weighted by atomic mass is 15.3. The lowest BCUT2D eigenvalue weighted by atomic mass is 10.0. The van der Waals surface area contributed by atoms with Gasteiger partial charge >= 0.3 is 0 Å². The Bertz CT molecular complexity index is 488. The minimum absolute atomic E-state index is 0.353. The van der Waals surface area contributed by atoms with E-state index in [0.29, 0.717) is 6.04 Å². The van der Waals surface area contributed by atoms with Gasteiger partial charge in [-0.15, -0.1) is 0 Å². The topological polar surface area (TPSA) is 29.9 Å². The van der Waals surface area contributed by atoms with E-state index in [1.165, 1.54) is 16.8 Å². The van der Waals surface area contributed by atoms with E-state index < -0.39 is 0 Å². The average Bonchev–Trinajstić information content (AvgIpc) is 2.72. The fourth-order valence-electron chi connectivity index (χ4n) is 2.01. The standard InChI is InChI=1S/C14H19N3/c1-11-6-4-5-7-14(11)12(2)15-10-13-8-9-16-17(13)3/h4-9,12,15H,10H2,1-3H3. The molecule has 0 amide bonds. The minimum atomic E-state index is 0.353. The Kier molecular flexibility index (Phi) is 3.59. The van der Waals surface area contributed by atoms with Crippen molar-refractivity contribution in [2.75, 3.05) is 0 Å². The summed E-state index contributed by atoms with van der Waals surface area (Å²) in [5.41, 5.74) is 3.89. The summed E-state index contributed by atoms with van der Waals surface area (Å²) < 4.78 is 1.90. The molecule has 2 aromatic rings. The van der Waals surface area contributed by atoms with Crippen molar-refractivity contribution in [3.63, 3.8) is 0 Å². The zero-order valence-corrected chi connectivity index (χ0v) is 10.6. The molecular formula is C14H19N3. The molecule has 0 spiro atoms. The Morgan fingerprint density at radius 3 is 2.71 bits per heavy atom. The van der Waals surface area contributed by atoms with Crippen LogP contribution in [0.15, 0.2) is 36.5 Å². The first-order valence-corrected chi connectivity index (χ1v) is 5.94. The van der Waals surface area contributed by atoms with Gasteiger partial charge in [-0.1, -0.05) is 24.3 Å². The largest absolute Gasteiger partial charge is 0.305 e. The molecule has 0 aliphatic heterocycles. The normalized spacial score (nSPS) is 12.6. The number of nitrogens with zero attached hydrogens (tertiary/aromatic N) is 2. The lowest BCUT2D eigenvalue weighted by molar-refractivity contribution is 0.546. The highest BCUT2D eigenvalue weighted by Crippen LogP contribution is 2.16. The van der Waals surface area contributed by atoms with E-state index in [1.54, 1.807) is 0 Å². The summed E-state index contributed by atoms with van der Waals surface area (Å²) in [6.07, 6.45) is 1.83. The molecule has 90 valence electrons. The summed E-state index contributed by atoms with van der Waals surface area (Å²) in [5.74, 6) is 0. The van der Waals surface area contributed by atoms with Gasteiger partial charge in [0.05, 0.1) is 5.69 Å². The lowest BCUT2D eigenvalue weighted by Gasteiger charge is -2.16. The van der Waals surface area contributed by atoms with Crippen LogP contribution >= 0.6 is 0 Å². The quantitative estimate of drug-likeness (QED) is 0.873. The third-order valence-corrected chi connectivity index (χ3v) is 3.17. The molecule has 1 N–H and O–H groups in total. The van der Waals surface area contributed by atoms with Crippen molar-refractivity contribution < 1.29 is 0 Å². The van der Waals surface area contributed by atoms with Gasteiger partial charge in [0.15, 0.2) is 0 Å². The van der Waals surface area contributed by atoms with Crippen LogP contribution in [0.3, 0.4) is 0 Å². The molecule has 3 heteroatoms. The Hall–Kier alpha value is -1.61. The second-order valence-corrected chi connectivity index (χ2v) is 4.41. The van der Waals surface area contributed by atoms with Crippen LogP contribution in [0.4, 0.5) is 0 Å². The van der Waals surface area contributed by atoms with E-state index >= 15 is 0 Å². The van der Waals surface area contributed by atoms with Gasteiger partial charge in [-0.3, -0.25) is 4.68 Å². The van der Waals surface area contributed by atoms with E-state index in [-0.39, 0.29) is 0 Å². The summed E-state index contributed by atoms with van der Waals surface area (Å²) in [6.45, 7) is 5.18. The molecule has 0 aliphatic rings. The molecule has 0 bridgehead atoms. The number of benzene rings is 1. The van der Waals surface area contributed by atoms with Gasteiger partial charge in [0.1, 0.15) is 0 Å². The zero-order chi connectivity index (χ0) is 12.3. The van der Waals surface area contributed by atoms with E-state index in [1.807, 2.05) is 24.0 Å². The summed E-state index contributed by atoms with van der Waals surface area (Å²) in [4.78, 5) is 0. The predicted octanol–water partition coefficient (Wildman–Crippen LogP) is 2.58. The highest BCUT2D eigenvalue weighted by Gasteiger charge is 2.07. The van der Waals surface area contributed by atoms with Crippen LogP contribution in [-0.2, 0) is 13.6 Å². The molecule has 0 fully saturated rings. The second kappa shape index (κ2) is 5.15. The SMILES string of the molecule is Cc1ccccc1C(C)NCc1ccnn1C. The predicted molar refractivity (Wildman–Crippen MR) is 69.6 cm³/mol. The Labute approximate surface area is 102 Å². The number of nitrogens with one attached hydrogen (secondary N) is 1. The van der Waals surface area contributed by atoms with Crippen LogP contribution in [0.5, 0.6) is 0 Å². The van der Waals surface area contributed by atoms with Crippen LogP contribution < -0.4 is 5.32 Å². The fraction of sp³-hybridized carbons (Fsp3) is 0.357. The van der Waals surface area contributed by atoms with E-state index in [0.717, 1.165) is 6.54 Å². The molecule has 3 nitrogen and oxygen atoms in total. The highest BCUT2D eigenvalue weighted by molar-refractivity contribution is 5.28. The Morgan fingerprint density at radius 1 is 1.29 bits per heavy atom. The third-order valence-electron chi connectivity index (χ3n) is 3.17. The summed E-state index contributed by atoms with van der Waals surface area (Å²) >= 11 is 0. The van der Waals surface area contributed by atoms with Gasteiger partial charge in [0.2, 0.25) is 0 Å². The Morgan fingerprint density at radius 2 is 2.06 bits per heavy atom. The number of aromatic nitrogens is 2. The molecule has 0 saturated carbocycles. The van der Waals surface area contributed by atoms with E-state index in [2.05, 4.69) is 48.5 Å². The molecule has 0 saturated heterocycles. The fourth-order valence-corrected chi connectivity index (χ4v) is 2.01. The molecule has 0 radical (unpaired) electrons. The maximum absolute atomic E-state index is 4.16. The number of hydrogen-bond acceptors (Lipinski definition) is 2. The van der Waals surface area contributed by atoms with Gasteiger partial charge in [0, 0.05) is 25.8 Å². The van der Waals surface area contributed by atoms with Crippen LogP contribution in [0.1, 0.15) is 29.8 Å². The van der Waals surface area contributed by atoms with Crippen LogP contribution in [0, 0.1) is 6.92 Å². The summed E-state index contributed by atoms with van der Waals surface area (Å²) in [6, 6.07) is 10.9. The van der Waals surface area contributed by atoms with Crippen molar-refractivity contribution in [3.8, 4) is 0 Å². The summed E-state index contributed by atoms with van der Waals surface area (Å²) in [7, 11) is 1.97. The number of rotatable bonds is 4. The molecular weight excluding hydrogens is 210 g/mol. The van der Waals surface area contributed by atoms with Crippen molar-refractivity contribution in [2.45, 2.75) is 26.4 Å². The van der Waals surface area contributed by atoms with Gasteiger partial charge in [-0.05, 0) is 31.0 Å². The molecule has 1 heterocycles. The van der Waals surface area contributed by atoms with E-state index in [4.69, 9.17) is 0 Å². The molecule has 1 unspecified atom stereocenters.